The van der Waals surface area contributed by atoms with Crippen LogP contribution in [0, 0.1) is 0 Å². The van der Waals surface area contributed by atoms with Gasteiger partial charge in [0.25, 0.3) is 0 Å². The van der Waals surface area contributed by atoms with Crippen LogP contribution in [0.1, 0.15) is 25.1 Å². The van der Waals surface area contributed by atoms with Crippen LogP contribution in [-0.2, 0) is 16.9 Å². The Morgan fingerprint density at radius 3 is 2.59 bits per heavy atom. The maximum absolute atomic E-state index is 11.4. The van der Waals surface area contributed by atoms with Crippen LogP contribution >= 0.6 is 15.9 Å². The maximum atomic E-state index is 11.4. The number of aromatic nitrogens is 3. The normalized spacial score (nSPS) is 13.9. The first-order chi connectivity index (χ1) is 7.85. The molecule has 0 bridgehead atoms. The standard InChI is InChI=1S/C9H17BrN4O2S/c1-4-5-11-7(6-17(3,15)16)8-9(10)12-13-14(8)2/h7,11H,4-6H2,1-3H3. The molecule has 0 aliphatic heterocycles. The molecule has 8 heteroatoms. The molecule has 0 aromatic carbocycles. The van der Waals surface area contributed by atoms with E-state index in [1.165, 1.54) is 6.26 Å². The van der Waals surface area contributed by atoms with Crippen molar-refractivity contribution in [2.24, 2.45) is 7.05 Å². The fourth-order valence-corrected chi connectivity index (χ4v) is 3.05. The summed E-state index contributed by atoms with van der Waals surface area (Å²) in [4.78, 5) is 0. The molecular formula is C9H17BrN4O2S. The molecule has 0 amide bonds. The van der Waals surface area contributed by atoms with E-state index in [-0.39, 0.29) is 11.8 Å². The molecule has 0 aliphatic carbocycles. The second kappa shape index (κ2) is 5.92. The highest BCUT2D eigenvalue weighted by molar-refractivity contribution is 9.10. The van der Waals surface area contributed by atoms with Crippen LogP contribution in [0.5, 0.6) is 0 Å². The van der Waals surface area contributed by atoms with Gasteiger partial charge in [-0.3, -0.25) is 0 Å². The second-order valence-electron chi connectivity index (χ2n) is 3.99. The second-order valence-corrected chi connectivity index (χ2v) is 6.92. The number of nitrogens with one attached hydrogen (secondary N) is 1. The predicted molar refractivity (Wildman–Crippen MR) is 69.4 cm³/mol. The number of sulfone groups is 1. The molecule has 0 saturated heterocycles. The van der Waals surface area contributed by atoms with Crippen LogP contribution in [0.4, 0.5) is 0 Å². The smallest absolute Gasteiger partial charge is 0.153 e. The topological polar surface area (TPSA) is 76.9 Å². The van der Waals surface area contributed by atoms with E-state index in [2.05, 4.69) is 31.6 Å². The Hall–Kier alpha value is -0.470. The molecule has 1 unspecified atom stereocenters. The summed E-state index contributed by atoms with van der Waals surface area (Å²) < 4.78 is 25.0. The Balaban J connectivity index is 2.97. The molecule has 0 radical (unpaired) electrons. The molecule has 1 aromatic heterocycles. The van der Waals surface area contributed by atoms with Crippen molar-refractivity contribution in [2.45, 2.75) is 19.4 Å². The number of hydrogen-bond donors (Lipinski definition) is 1. The third kappa shape index (κ3) is 4.36. The van der Waals surface area contributed by atoms with Gasteiger partial charge in [0.15, 0.2) is 4.60 Å². The molecule has 1 N–H and O–H groups in total. The van der Waals surface area contributed by atoms with Crippen LogP contribution in [0.15, 0.2) is 4.60 Å². The first-order valence-corrected chi connectivity index (χ1v) is 8.16. The van der Waals surface area contributed by atoms with E-state index in [9.17, 15) is 8.42 Å². The minimum Gasteiger partial charge on any atom is -0.308 e. The van der Waals surface area contributed by atoms with E-state index >= 15 is 0 Å². The van der Waals surface area contributed by atoms with Crippen LogP contribution in [0.3, 0.4) is 0 Å². The largest absolute Gasteiger partial charge is 0.308 e. The van der Waals surface area contributed by atoms with E-state index in [4.69, 9.17) is 0 Å². The van der Waals surface area contributed by atoms with Crippen molar-refractivity contribution in [2.75, 3.05) is 18.6 Å². The molecule has 0 saturated carbocycles. The van der Waals surface area contributed by atoms with Crippen molar-refractivity contribution in [3.8, 4) is 0 Å². The molecule has 1 heterocycles. The Bertz CT molecular complexity index is 452. The van der Waals surface area contributed by atoms with E-state index in [1.54, 1.807) is 11.7 Å². The fraction of sp³-hybridized carbons (Fsp3) is 0.778. The SMILES string of the molecule is CCCNC(CS(C)(=O)=O)c1c(Br)nnn1C. The number of hydrogen-bond acceptors (Lipinski definition) is 5. The molecule has 0 spiro atoms. The van der Waals surface area contributed by atoms with E-state index < -0.39 is 9.84 Å². The van der Waals surface area contributed by atoms with Gasteiger partial charge in [-0.1, -0.05) is 12.1 Å². The monoisotopic (exact) mass is 324 g/mol. The van der Waals surface area contributed by atoms with Gasteiger partial charge in [0, 0.05) is 13.3 Å². The highest BCUT2D eigenvalue weighted by Gasteiger charge is 2.23. The van der Waals surface area contributed by atoms with Crippen LogP contribution in [0.2, 0.25) is 0 Å². The Labute approximate surface area is 110 Å². The van der Waals surface area contributed by atoms with Crippen molar-refractivity contribution in [3.63, 3.8) is 0 Å². The van der Waals surface area contributed by atoms with Crippen LogP contribution in [0.25, 0.3) is 0 Å². The maximum Gasteiger partial charge on any atom is 0.153 e. The van der Waals surface area contributed by atoms with Gasteiger partial charge >= 0.3 is 0 Å². The molecule has 1 atom stereocenters. The molecule has 0 fully saturated rings. The van der Waals surface area contributed by atoms with E-state index in [1.807, 2.05) is 6.92 Å². The van der Waals surface area contributed by atoms with Crippen molar-refractivity contribution in [3.05, 3.63) is 10.3 Å². The van der Waals surface area contributed by atoms with E-state index in [0.717, 1.165) is 18.7 Å². The van der Waals surface area contributed by atoms with Crippen molar-refractivity contribution in [1.29, 1.82) is 0 Å². The number of aryl methyl sites for hydroxylation is 1. The number of halogens is 1. The zero-order valence-corrected chi connectivity index (χ0v) is 12.5. The summed E-state index contributed by atoms with van der Waals surface area (Å²) in [7, 11) is -1.32. The minimum absolute atomic E-state index is 0.0345. The summed E-state index contributed by atoms with van der Waals surface area (Å²) in [5.74, 6) is 0.0345. The lowest BCUT2D eigenvalue weighted by Gasteiger charge is -2.17. The lowest BCUT2D eigenvalue weighted by atomic mass is 10.2. The third-order valence-electron chi connectivity index (χ3n) is 2.27. The van der Waals surface area contributed by atoms with Gasteiger partial charge in [-0.2, -0.15) is 0 Å². The van der Waals surface area contributed by atoms with Crippen LogP contribution in [-0.4, -0.2) is 42.0 Å². The summed E-state index contributed by atoms with van der Waals surface area (Å²) in [5, 5.41) is 10.9. The molecule has 17 heavy (non-hydrogen) atoms. The average molecular weight is 325 g/mol. The summed E-state index contributed by atoms with van der Waals surface area (Å²) in [6.07, 6.45) is 2.16. The summed E-state index contributed by atoms with van der Waals surface area (Å²) >= 11 is 3.29. The van der Waals surface area contributed by atoms with Crippen molar-refractivity contribution in [1.82, 2.24) is 20.3 Å². The van der Waals surface area contributed by atoms with Gasteiger partial charge in [0.1, 0.15) is 9.84 Å². The minimum atomic E-state index is -3.07. The lowest BCUT2D eigenvalue weighted by Crippen LogP contribution is -2.30. The Morgan fingerprint density at radius 2 is 2.18 bits per heavy atom. The third-order valence-corrected chi connectivity index (χ3v) is 3.77. The van der Waals surface area contributed by atoms with Gasteiger partial charge in [0.05, 0.1) is 17.5 Å². The lowest BCUT2D eigenvalue weighted by molar-refractivity contribution is 0.516. The highest BCUT2D eigenvalue weighted by Crippen LogP contribution is 2.21. The molecule has 1 aromatic rings. The molecule has 98 valence electrons. The first-order valence-electron chi connectivity index (χ1n) is 5.31. The van der Waals surface area contributed by atoms with Crippen molar-refractivity contribution >= 4 is 25.8 Å². The quantitative estimate of drug-likeness (QED) is 0.832. The van der Waals surface area contributed by atoms with Gasteiger partial charge in [-0.05, 0) is 28.9 Å². The first kappa shape index (κ1) is 14.6. The van der Waals surface area contributed by atoms with Crippen LogP contribution < -0.4 is 5.32 Å². The highest BCUT2D eigenvalue weighted by atomic mass is 79.9. The zero-order chi connectivity index (χ0) is 13.1. The zero-order valence-electron chi connectivity index (χ0n) is 10.1. The van der Waals surface area contributed by atoms with Gasteiger partial charge < -0.3 is 5.32 Å². The summed E-state index contributed by atoms with van der Waals surface area (Å²) in [6.45, 7) is 2.78. The van der Waals surface area contributed by atoms with Gasteiger partial charge in [-0.25, -0.2) is 13.1 Å². The van der Waals surface area contributed by atoms with Crippen molar-refractivity contribution < 1.29 is 8.42 Å². The number of rotatable bonds is 6. The molecule has 0 aliphatic rings. The molecule has 1 rings (SSSR count). The summed E-state index contributed by atoms with van der Waals surface area (Å²) in [6, 6.07) is -0.292. The molecule has 6 nitrogen and oxygen atoms in total. The fourth-order valence-electron chi connectivity index (χ4n) is 1.56. The predicted octanol–water partition coefficient (Wildman–Crippen LogP) is 0.663. The average Bonchev–Trinajstić information content (AvgIpc) is 2.52. The Kier molecular flexibility index (Phi) is 5.08. The summed E-state index contributed by atoms with van der Waals surface area (Å²) in [5.41, 5.74) is 0.754. The van der Waals surface area contributed by atoms with E-state index in [0.29, 0.717) is 4.60 Å². The number of nitrogens with zero attached hydrogens (tertiary/aromatic N) is 3. The Morgan fingerprint density at radius 1 is 1.53 bits per heavy atom. The molecular weight excluding hydrogens is 308 g/mol. The van der Waals surface area contributed by atoms with Gasteiger partial charge in [-0.15, -0.1) is 5.10 Å². The van der Waals surface area contributed by atoms with Gasteiger partial charge in [0.2, 0.25) is 0 Å².